The van der Waals surface area contributed by atoms with E-state index in [1.54, 1.807) is 7.11 Å². The van der Waals surface area contributed by atoms with Crippen molar-refractivity contribution in [3.05, 3.63) is 29.8 Å². The summed E-state index contributed by atoms with van der Waals surface area (Å²) in [7, 11) is 1.64. The van der Waals surface area contributed by atoms with Crippen LogP contribution < -0.4 is 11.1 Å². The Labute approximate surface area is 109 Å². The molecule has 4 heteroatoms. The first-order chi connectivity index (χ1) is 8.58. The standard InChI is InChI=1S/C14H22N2O2/c1-4-13(9-18-3)16-14(17)10(2)11-6-5-7-12(15)8-11/h5-8,10,13H,4,9,15H2,1-3H3,(H,16,17). The first-order valence-electron chi connectivity index (χ1n) is 6.23. The molecule has 0 spiro atoms. The lowest BCUT2D eigenvalue weighted by molar-refractivity contribution is -0.123. The lowest BCUT2D eigenvalue weighted by Gasteiger charge is -2.19. The molecule has 1 rings (SSSR count). The van der Waals surface area contributed by atoms with Gasteiger partial charge in [0, 0.05) is 12.8 Å². The van der Waals surface area contributed by atoms with E-state index in [1.165, 1.54) is 0 Å². The Balaban J connectivity index is 2.66. The van der Waals surface area contributed by atoms with Crippen LogP contribution in [0.1, 0.15) is 31.7 Å². The fourth-order valence-corrected chi connectivity index (χ4v) is 1.77. The number of nitrogens with one attached hydrogen (secondary N) is 1. The lowest BCUT2D eigenvalue weighted by Crippen LogP contribution is -2.39. The van der Waals surface area contributed by atoms with Gasteiger partial charge in [-0.1, -0.05) is 19.1 Å². The molecule has 100 valence electrons. The second-order valence-electron chi connectivity index (χ2n) is 4.46. The first-order valence-corrected chi connectivity index (χ1v) is 6.23. The van der Waals surface area contributed by atoms with Crippen LogP contribution in [0.15, 0.2) is 24.3 Å². The minimum atomic E-state index is -0.209. The average Bonchev–Trinajstić information content (AvgIpc) is 2.37. The Hall–Kier alpha value is -1.55. The number of anilines is 1. The number of hydrogen-bond acceptors (Lipinski definition) is 3. The second-order valence-corrected chi connectivity index (χ2v) is 4.46. The van der Waals surface area contributed by atoms with Gasteiger partial charge >= 0.3 is 0 Å². The van der Waals surface area contributed by atoms with E-state index in [9.17, 15) is 4.79 Å². The lowest BCUT2D eigenvalue weighted by atomic mass is 9.99. The highest BCUT2D eigenvalue weighted by Crippen LogP contribution is 2.18. The molecule has 0 saturated carbocycles. The molecule has 0 heterocycles. The third kappa shape index (κ3) is 4.04. The van der Waals surface area contributed by atoms with Crippen LogP contribution in [0, 0.1) is 0 Å². The zero-order chi connectivity index (χ0) is 13.5. The maximum Gasteiger partial charge on any atom is 0.227 e. The smallest absolute Gasteiger partial charge is 0.227 e. The van der Waals surface area contributed by atoms with Gasteiger partial charge in [0.15, 0.2) is 0 Å². The van der Waals surface area contributed by atoms with E-state index >= 15 is 0 Å². The molecule has 0 aliphatic heterocycles. The molecule has 2 atom stereocenters. The zero-order valence-corrected chi connectivity index (χ0v) is 11.3. The molecule has 1 aromatic carbocycles. The molecule has 4 nitrogen and oxygen atoms in total. The van der Waals surface area contributed by atoms with Crippen LogP contribution in [0.2, 0.25) is 0 Å². The van der Waals surface area contributed by atoms with Crippen molar-refractivity contribution in [2.75, 3.05) is 19.5 Å². The fourth-order valence-electron chi connectivity index (χ4n) is 1.77. The molecule has 1 aromatic rings. The summed E-state index contributed by atoms with van der Waals surface area (Å²) in [6.07, 6.45) is 0.850. The van der Waals surface area contributed by atoms with Gasteiger partial charge in [0.05, 0.1) is 18.6 Å². The van der Waals surface area contributed by atoms with Gasteiger partial charge in [0.1, 0.15) is 0 Å². The van der Waals surface area contributed by atoms with Gasteiger partial charge in [0.25, 0.3) is 0 Å². The average molecular weight is 250 g/mol. The van der Waals surface area contributed by atoms with Crippen molar-refractivity contribution in [2.45, 2.75) is 32.2 Å². The van der Waals surface area contributed by atoms with Crippen molar-refractivity contribution in [2.24, 2.45) is 0 Å². The summed E-state index contributed by atoms with van der Waals surface area (Å²) in [5.74, 6) is -0.205. The molecule has 3 N–H and O–H groups in total. The highest BCUT2D eigenvalue weighted by Gasteiger charge is 2.18. The quantitative estimate of drug-likeness (QED) is 0.758. The number of nitrogens with two attached hydrogens (primary N) is 1. The van der Waals surface area contributed by atoms with E-state index in [0.717, 1.165) is 12.0 Å². The number of ether oxygens (including phenoxy) is 1. The number of hydrogen-bond donors (Lipinski definition) is 2. The van der Waals surface area contributed by atoms with E-state index in [1.807, 2.05) is 38.1 Å². The number of benzene rings is 1. The predicted molar refractivity (Wildman–Crippen MR) is 73.4 cm³/mol. The summed E-state index contributed by atoms with van der Waals surface area (Å²) in [4.78, 5) is 12.1. The molecule has 0 saturated heterocycles. The van der Waals surface area contributed by atoms with Crippen molar-refractivity contribution in [1.82, 2.24) is 5.32 Å². The van der Waals surface area contributed by atoms with Crippen molar-refractivity contribution in [3.8, 4) is 0 Å². The minimum absolute atomic E-state index is 0.00417. The molecule has 0 fully saturated rings. The molecule has 0 radical (unpaired) electrons. The molecule has 0 aliphatic carbocycles. The minimum Gasteiger partial charge on any atom is -0.399 e. The van der Waals surface area contributed by atoms with Gasteiger partial charge in [-0.2, -0.15) is 0 Å². The van der Waals surface area contributed by atoms with E-state index in [4.69, 9.17) is 10.5 Å². The van der Waals surface area contributed by atoms with Gasteiger partial charge in [-0.3, -0.25) is 4.79 Å². The number of amides is 1. The Morgan fingerprint density at radius 2 is 2.22 bits per heavy atom. The third-order valence-electron chi connectivity index (χ3n) is 3.01. The summed E-state index contributed by atoms with van der Waals surface area (Å²) in [5.41, 5.74) is 7.33. The fraction of sp³-hybridized carbons (Fsp3) is 0.500. The summed E-state index contributed by atoms with van der Waals surface area (Å²) in [6, 6.07) is 7.49. The van der Waals surface area contributed by atoms with Crippen molar-refractivity contribution in [3.63, 3.8) is 0 Å². The van der Waals surface area contributed by atoms with Gasteiger partial charge in [-0.15, -0.1) is 0 Å². The maximum atomic E-state index is 12.1. The van der Waals surface area contributed by atoms with Crippen molar-refractivity contribution >= 4 is 11.6 Å². The molecule has 2 unspecified atom stereocenters. The predicted octanol–water partition coefficient (Wildman–Crippen LogP) is 1.91. The largest absolute Gasteiger partial charge is 0.399 e. The third-order valence-corrected chi connectivity index (χ3v) is 3.01. The number of methoxy groups -OCH3 is 1. The Morgan fingerprint density at radius 3 is 2.78 bits per heavy atom. The molecular formula is C14H22N2O2. The van der Waals surface area contributed by atoms with E-state index < -0.39 is 0 Å². The molecule has 18 heavy (non-hydrogen) atoms. The number of carbonyl (C=O) groups excluding carboxylic acids is 1. The Kier molecular flexibility index (Phi) is 5.65. The van der Waals surface area contributed by atoms with Crippen LogP contribution in [0.25, 0.3) is 0 Å². The van der Waals surface area contributed by atoms with Crippen LogP contribution in [-0.2, 0) is 9.53 Å². The van der Waals surface area contributed by atoms with Crippen LogP contribution in [0.4, 0.5) is 5.69 Å². The van der Waals surface area contributed by atoms with E-state index in [-0.39, 0.29) is 17.9 Å². The van der Waals surface area contributed by atoms with Crippen LogP contribution in [0.5, 0.6) is 0 Å². The number of nitrogen functional groups attached to an aromatic ring is 1. The number of rotatable bonds is 6. The molecule has 0 aromatic heterocycles. The van der Waals surface area contributed by atoms with Gasteiger partial charge in [-0.25, -0.2) is 0 Å². The van der Waals surface area contributed by atoms with Crippen molar-refractivity contribution in [1.29, 1.82) is 0 Å². The SMILES string of the molecule is CCC(COC)NC(=O)C(C)c1cccc(N)c1. The molecule has 1 amide bonds. The monoisotopic (exact) mass is 250 g/mol. The Morgan fingerprint density at radius 1 is 1.50 bits per heavy atom. The van der Waals surface area contributed by atoms with Gasteiger partial charge in [-0.05, 0) is 31.0 Å². The first kappa shape index (κ1) is 14.5. The summed E-state index contributed by atoms with van der Waals surface area (Å²) >= 11 is 0. The van der Waals surface area contributed by atoms with Gasteiger partial charge in [0.2, 0.25) is 5.91 Å². The topological polar surface area (TPSA) is 64.3 Å². The van der Waals surface area contributed by atoms with Crippen LogP contribution in [-0.4, -0.2) is 25.7 Å². The normalized spacial score (nSPS) is 13.9. The van der Waals surface area contributed by atoms with E-state index in [0.29, 0.717) is 12.3 Å². The zero-order valence-electron chi connectivity index (χ0n) is 11.3. The molecule has 0 aliphatic rings. The van der Waals surface area contributed by atoms with Crippen LogP contribution >= 0.6 is 0 Å². The van der Waals surface area contributed by atoms with E-state index in [2.05, 4.69) is 5.32 Å². The summed E-state index contributed by atoms with van der Waals surface area (Å²) in [6.45, 7) is 4.44. The second kappa shape index (κ2) is 7.01. The molecule has 0 bridgehead atoms. The van der Waals surface area contributed by atoms with Crippen molar-refractivity contribution < 1.29 is 9.53 Å². The van der Waals surface area contributed by atoms with Gasteiger partial charge < -0.3 is 15.8 Å². The molecular weight excluding hydrogens is 228 g/mol. The summed E-state index contributed by atoms with van der Waals surface area (Å²) in [5, 5.41) is 2.98. The van der Waals surface area contributed by atoms with Crippen LogP contribution in [0.3, 0.4) is 0 Å². The summed E-state index contributed by atoms with van der Waals surface area (Å²) < 4.78 is 5.07. The number of carbonyl (C=O) groups is 1. The highest BCUT2D eigenvalue weighted by atomic mass is 16.5. The maximum absolute atomic E-state index is 12.1. The highest BCUT2D eigenvalue weighted by molar-refractivity contribution is 5.83. The Bertz CT molecular complexity index is 393.